The summed E-state index contributed by atoms with van der Waals surface area (Å²) in [5, 5.41) is 11.7. The average molecular weight is 327 g/mol. The molecule has 0 aliphatic heterocycles. The number of methoxy groups -OCH3 is 1. The predicted molar refractivity (Wildman–Crippen MR) is 90.6 cm³/mol. The smallest absolute Gasteiger partial charge is 0.264 e. The third-order valence-corrected chi connectivity index (χ3v) is 3.91. The van der Waals surface area contributed by atoms with Crippen molar-refractivity contribution in [1.29, 1.82) is 0 Å². The van der Waals surface area contributed by atoms with Crippen molar-refractivity contribution < 1.29 is 9.26 Å². The standard InChI is InChI=1S/C17H21N5O2/c1-12-15(13(2)22(20-12)9-10-23-3)11-18-17-19-16(24-21-17)14-7-5-4-6-8-14/h4-8H,9-11H2,1-3H3,(H,18,21). The van der Waals surface area contributed by atoms with Gasteiger partial charge in [0, 0.05) is 30.5 Å². The Hall–Kier alpha value is -2.67. The molecule has 7 heteroatoms. The molecular formula is C17H21N5O2. The molecule has 0 atom stereocenters. The number of rotatable bonds is 7. The Morgan fingerprint density at radius 3 is 2.75 bits per heavy atom. The third-order valence-electron chi connectivity index (χ3n) is 3.91. The van der Waals surface area contributed by atoms with Gasteiger partial charge in [0.05, 0.1) is 18.8 Å². The lowest BCUT2D eigenvalue weighted by atomic mass is 10.2. The number of nitrogens with zero attached hydrogens (tertiary/aromatic N) is 4. The van der Waals surface area contributed by atoms with Gasteiger partial charge in [-0.05, 0) is 31.1 Å². The molecule has 126 valence electrons. The lowest BCUT2D eigenvalue weighted by Gasteiger charge is -2.05. The molecule has 3 rings (SSSR count). The Morgan fingerprint density at radius 1 is 1.21 bits per heavy atom. The summed E-state index contributed by atoms with van der Waals surface area (Å²) in [6.07, 6.45) is 0. The Labute approximate surface area is 140 Å². The van der Waals surface area contributed by atoms with E-state index < -0.39 is 0 Å². The first-order valence-electron chi connectivity index (χ1n) is 7.84. The van der Waals surface area contributed by atoms with E-state index >= 15 is 0 Å². The highest BCUT2D eigenvalue weighted by atomic mass is 16.5. The van der Waals surface area contributed by atoms with E-state index in [9.17, 15) is 0 Å². The predicted octanol–water partition coefficient (Wildman–Crippen LogP) is 2.81. The van der Waals surface area contributed by atoms with Crippen molar-refractivity contribution >= 4 is 5.95 Å². The first kappa shape index (κ1) is 16.2. The van der Waals surface area contributed by atoms with E-state index in [1.165, 1.54) is 0 Å². The fraction of sp³-hybridized carbons (Fsp3) is 0.353. The largest absolute Gasteiger partial charge is 0.383 e. The maximum absolute atomic E-state index is 5.30. The van der Waals surface area contributed by atoms with Gasteiger partial charge >= 0.3 is 0 Å². The number of aromatic nitrogens is 4. The van der Waals surface area contributed by atoms with Crippen molar-refractivity contribution in [3.8, 4) is 11.5 Å². The molecule has 1 N–H and O–H groups in total. The topological polar surface area (TPSA) is 78.0 Å². The summed E-state index contributed by atoms with van der Waals surface area (Å²) in [4.78, 5) is 4.38. The summed E-state index contributed by atoms with van der Waals surface area (Å²) in [7, 11) is 1.69. The SMILES string of the molecule is COCCn1nc(C)c(CNc2noc(-c3ccccc3)n2)c1C. The Morgan fingerprint density at radius 2 is 2.00 bits per heavy atom. The van der Waals surface area contributed by atoms with E-state index in [1.54, 1.807) is 7.11 Å². The Kier molecular flexibility index (Phi) is 4.90. The summed E-state index contributed by atoms with van der Waals surface area (Å²) in [5.41, 5.74) is 4.14. The second kappa shape index (κ2) is 7.27. The summed E-state index contributed by atoms with van der Waals surface area (Å²) < 4.78 is 12.4. The molecule has 0 radical (unpaired) electrons. The van der Waals surface area contributed by atoms with Crippen LogP contribution in [0.15, 0.2) is 34.9 Å². The van der Waals surface area contributed by atoms with E-state index in [1.807, 2.05) is 41.9 Å². The number of hydrogen-bond donors (Lipinski definition) is 1. The molecule has 0 fully saturated rings. The van der Waals surface area contributed by atoms with Crippen LogP contribution in [0.1, 0.15) is 17.0 Å². The molecule has 0 unspecified atom stereocenters. The zero-order valence-corrected chi connectivity index (χ0v) is 14.1. The number of anilines is 1. The normalized spacial score (nSPS) is 11.0. The van der Waals surface area contributed by atoms with Crippen molar-refractivity contribution in [1.82, 2.24) is 19.9 Å². The number of aryl methyl sites for hydroxylation is 1. The highest BCUT2D eigenvalue weighted by Crippen LogP contribution is 2.19. The van der Waals surface area contributed by atoms with Gasteiger partial charge in [0.1, 0.15) is 0 Å². The molecule has 0 bridgehead atoms. The van der Waals surface area contributed by atoms with Crippen LogP contribution >= 0.6 is 0 Å². The molecule has 2 heterocycles. The second-order valence-electron chi connectivity index (χ2n) is 5.51. The fourth-order valence-electron chi connectivity index (χ4n) is 2.55. The molecule has 0 aliphatic carbocycles. The molecule has 7 nitrogen and oxygen atoms in total. The van der Waals surface area contributed by atoms with Gasteiger partial charge in [0.25, 0.3) is 11.8 Å². The third kappa shape index (κ3) is 3.46. The molecule has 2 aromatic heterocycles. The maximum atomic E-state index is 5.30. The quantitative estimate of drug-likeness (QED) is 0.719. The zero-order chi connectivity index (χ0) is 16.9. The maximum Gasteiger partial charge on any atom is 0.264 e. The van der Waals surface area contributed by atoms with E-state index in [4.69, 9.17) is 9.26 Å². The minimum atomic E-state index is 0.470. The molecule has 0 amide bonds. The zero-order valence-electron chi connectivity index (χ0n) is 14.1. The van der Waals surface area contributed by atoms with Crippen molar-refractivity contribution in [3.63, 3.8) is 0 Å². The average Bonchev–Trinajstić information content (AvgIpc) is 3.17. The van der Waals surface area contributed by atoms with Crippen LogP contribution in [0.2, 0.25) is 0 Å². The summed E-state index contributed by atoms with van der Waals surface area (Å²) >= 11 is 0. The molecule has 24 heavy (non-hydrogen) atoms. The minimum absolute atomic E-state index is 0.470. The van der Waals surface area contributed by atoms with Crippen molar-refractivity contribution in [2.24, 2.45) is 0 Å². The van der Waals surface area contributed by atoms with Crippen LogP contribution in [0.4, 0.5) is 5.95 Å². The van der Waals surface area contributed by atoms with Crippen molar-refractivity contribution in [2.75, 3.05) is 19.0 Å². The lowest BCUT2D eigenvalue weighted by molar-refractivity contribution is 0.182. The molecule has 0 saturated heterocycles. The summed E-state index contributed by atoms with van der Waals surface area (Å²) in [6, 6.07) is 9.70. The van der Waals surface area contributed by atoms with E-state index in [0.717, 1.165) is 29.1 Å². The van der Waals surface area contributed by atoms with Crippen LogP contribution in [0.3, 0.4) is 0 Å². The molecule has 0 saturated carbocycles. The highest BCUT2D eigenvalue weighted by molar-refractivity contribution is 5.53. The Bertz CT molecular complexity index is 795. The van der Waals surface area contributed by atoms with Gasteiger partial charge in [0.2, 0.25) is 0 Å². The van der Waals surface area contributed by atoms with E-state index in [-0.39, 0.29) is 0 Å². The first-order valence-corrected chi connectivity index (χ1v) is 7.84. The van der Waals surface area contributed by atoms with E-state index in [2.05, 4.69) is 27.5 Å². The van der Waals surface area contributed by atoms with Crippen LogP contribution in [0.5, 0.6) is 0 Å². The van der Waals surface area contributed by atoms with Gasteiger partial charge in [-0.2, -0.15) is 10.1 Å². The molecular weight excluding hydrogens is 306 g/mol. The molecule has 0 aliphatic rings. The van der Waals surface area contributed by atoms with Gasteiger partial charge in [-0.1, -0.05) is 18.2 Å². The fourth-order valence-corrected chi connectivity index (χ4v) is 2.55. The van der Waals surface area contributed by atoms with Crippen LogP contribution in [-0.2, 0) is 17.8 Å². The van der Waals surface area contributed by atoms with Gasteiger partial charge in [-0.25, -0.2) is 0 Å². The number of ether oxygens (including phenoxy) is 1. The second-order valence-corrected chi connectivity index (χ2v) is 5.51. The monoisotopic (exact) mass is 327 g/mol. The van der Waals surface area contributed by atoms with Gasteiger partial charge < -0.3 is 14.6 Å². The highest BCUT2D eigenvalue weighted by Gasteiger charge is 2.13. The summed E-state index contributed by atoms with van der Waals surface area (Å²) in [6.45, 7) is 6.03. The van der Waals surface area contributed by atoms with Crippen LogP contribution < -0.4 is 5.32 Å². The van der Waals surface area contributed by atoms with Gasteiger partial charge in [0.15, 0.2) is 0 Å². The van der Waals surface area contributed by atoms with Gasteiger partial charge in [-0.3, -0.25) is 4.68 Å². The molecule has 1 aromatic carbocycles. The van der Waals surface area contributed by atoms with Crippen LogP contribution in [0.25, 0.3) is 11.5 Å². The Balaban J connectivity index is 1.68. The summed E-state index contributed by atoms with van der Waals surface area (Å²) in [5.74, 6) is 0.972. The van der Waals surface area contributed by atoms with Crippen LogP contribution in [-0.4, -0.2) is 33.6 Å². The van der Waals surface area contributed by atoms with Crippen molar-refractivity contribution in [2.45, 2.75) is 26.9 Å². The lowest BCUT2D eigenvalue weighted by Crippen LogP contribution is -2.08. The molecule has 0 spiro atoms. The molecule has 3 aromatic rings. The number of nitrogens with one attached hydrogen (secondary N) is 1. The van der Waals surface area contributed by atoms with E-state index in [0.29, 0.717) is 25.0 Å². The number of hydrogen-bond acceptors (Lipinski definition) is 6. The first-order chi connectivity index (χ1) is 11.7. The minimum Gasteiger partial charge on any atom is -0.383 e. The van der Waals surface area contributed by atoms with Crippen molar-refractivity contribution in [3.05, 3.63) is 47.3 Å². The van der Waals surface area contributed by atoms with Gasteiger partial charge in [-0.15, -0.1) is 0 Å². The van der Waals surface area contributed by atoms with Crippen LogP contribution in [0, 0.1) is 13.8 Å². The number of benzene rings is 1.